The molecule has 96 valence electrons. The van der Waals surface area contributed by atoms with E-state index in [1.807, 2.05) is 19.0 Å². The number of aliphatic hydroxyl groups excluding tert-OH is 1. The van der Waals surface area contributed by atoms with Crippen LogP contribution in [0.5, 0.6) is 0 Å². The lowest BCUT2D eigenvalue weighted by atomic mass is 9.90. The van der Waals surface area contributed by atoms with Gasteiger partial charge in [0.25, 0.3) is 0 Å². The van der Waals surface area contributed by atoms with Crippen LogP contribution in [-0.4, -0.2) is 36.8 Å². The topological polar surface area (TPSA) is 49.5 Å². The molecule has 0 aromatic heterocycles. The van der Waals surface area contributed by atoms with Crippen molar-refractivity contribution < 1.29 is 5.11 Å². The van der Waals surface area contributed by atoms with Gasteiger partial charge in [-0.3, -0.25) is 0 Å². The summed E-state index contributed by atoms with van der Waals surface area (Å²) in [5, 5.41) is 10.1. The first-order chi connectivity index (χ1) is 7.88. The Hall–Kier alpha value is -0.900. The van der Waals surface area contributed by atoms with Crippen molar-refractivity contribution in [2.45, 2.75) is 32.9 Å². The van der Waals surface area contributed by atoms with Crippen molar-refractivity contribution in [3.8, 4) is 0 Å². The first kappa shape index (κ1) is 14.2. The number of aryl methyl sites for hydroxylation is 3. The fourth-order valence-electron chi connectivity index (χ4n) is 2.58. The maximum Gasteiger partial charge on any atom is 0.0858 e. The molecule has 3 N–H and O–H groups in total. The average Bonchev–Trinajstić information content (AvgIpc) is 2.21. The molecule has 0 fully saturated rings. The first-order valence-corrected chi connectivity index (χ1v) is 6.00. The third kappa shape index (κ3) is 3.06. The molecule has 2 unspecified atom stereocenters. The van der Waals surface area contributed by atoms with E-state index in [4.69, 9.17) is 5.73 Å². The summed E-state index contributed by atoms with van der Waals surface area (Å²) in [6.45, 7) is 6.55. The van der Waals surface area contributed by atoms with Crippen molar-refractivity contribution in [2.75, 3.05) is 20.6 Å². The zero-order valence-electron chi connectivity index (χ0n) is 11.5. The molecule has 17 heavy (non-hydrogen) atoms. The molecule has 0 radical (unpaired) electrons. The van der Waals surface area contributed by atoms with Crippen LogP contribution >= 0.6 is 0 Å². The highest BCUT2D eigenvalue weighted by atomic mass is 16.3. The number of likely N-dealkylation sites (N-methyl/N-ethyl adjacent to an activating group) is 1. The standard InChI is InChI=1S/C14H24N2O/c1-9-6-10(2)13(11(3)7-9)14(16(4)5)12(17)8-15/h6-7,12,14,17H,8,15H2,1-5H3. The van der Waals surface area contributed by atoms with E-state index in [9.17, 15) is 5.11 Å². The second kappa shape index (κ2) is 5.63. The number of rotatable bonds is 4. The normalized spacial score (nSPS) is 15.1. The van der Waals surface area contributed by atoms with Crippen LogP contribution in [0.15, 0.2) is 12.1 Å². The highest BCUT2D eigenvalue weighted by molar-refractivity contribution is 5.40. The molecule has 0 spiro atoms. The first-order valence-electron chi connectivity index (χ1n) is 6.00. The summed E-state index contributed by atoms with van der Waals surface area (Å²) >= 11 is 0. The van der Waals surface area contributed by atoms with Gasteiger partial charge in [-0.1, -0.05) is 17.7 Å². The number of hydrogen-bond acceptors (Lipinski definition) is 3. The number of benzene rings is 1. The second-order valence-corrected chi connectivity index (χ2v) is 5.02. The van der Waals surface area contributed by atoms with Gasteiger partial charge < -0.3 is 15.7 Å². The van der Waals surface area contributed by atoms with Gasteiger partial charge in [0.2, 0.25) is 0 Å². The Morgan fingerprint density at radius 2 is 1.65 bits per heavy atom. The number of nitrogens with zero attached hydrogens (tertiary/aromatic N) is 1. The molecule has 3 nitrogen and oxygen atoms in total. The number of hydrogen-bond donors (Lipinski definition) is 2. The van der Waals surface area contributed by atoms with Crippen LogP contribution < -0.4 is 5.73 Å². The molecule has 3 heteroatoms. The maximum atomic E-state index is 10.1. The van der Waals surface area contributed by atoms with E-state index in [2.05, 4.69) is 32.9 Å². The summed E-state index contributed by atoms with van der Waals surface area (Å²) in [5.74, 6) is 0. The SMILES string of the molecule is Cc1cc(C)c(C(C(O)CN)N(C)C)c(C)c1. The van der Waals surface area contributed by atoms with Crippen LogP contribution in [0.25, 0.3) is 0 Å². The molecule has 0 saturated heterocycles. The number of nitrogens with two attached hydrogens (primary N) is 1. The van der Waals surface area contributed by atoms with Crippen molar-refractivity contribution in [3.05, 3.63) is 34.4 Å². The molecule has 2 atom stereocenters. The molecule has 0 aliphatic carbocycles. The summed E-state index contributed by atoms with van der Waals surface area (Å²) in [6, 6.07) is 4.27. The summed E-state index contributed by atoms with van der Waals surface area (Å²) in [5.41, 5.74) is 10.5. The van der Waals surface area contributed by atoms with Crippen LogP contribution in [0, 0.1) is 20.8 Å². The third-order valence-electron chi connectivity index (χ3n) is 3.20. The Morgan fingerprint density at radius 3 is 2.00 bits per heavy atom. The predicted molar refractivity (Wildman–Crippen MR) is 72.1 cm³/mol. The largest absolute Gasteiger partial charge is 0.390 e. The van der Waals surface area contributed by atoms with Gasteiger partial charge in [0.05, 0.1) is 12.1 Å². The van der Waals surface area contributed by atoms with Crippen molar-refractivity contribution in [1.29, 1.82) is 0 Å². The van der Waals surface area contributed by atoms with Gasteiger partial charge in [-0.05, 0) is 51.6 Å². The average molecular weight is 236 g/mol. The Morgan fingerprint density at radius 1 is 1.18 bits per heavy atom. The Balaban J connectivity index is 3.28. The minimum absolute atomic E-state index is 0.0411. The van der Waals surface area contributed by atoms with Gasteiger partial charge in [0, 0.05) is 6.54 Å². The molecule has 1 aromatic rings. The minimum atomic E-state index is -0.537. The van der Waals surface area contributed by atoms with Crippen LogP contribution in [0.3, 0.4) is 0 Å². The van der Waals surface area contributed by atoms with Gasteiger partial charge in [-0.2, -0.15) is 0 Å². The molecule has 0 heterocycles. The van der Waals surface area contributed by atoms with Gasteiger partial charge in [0.15, 0.2) is 0 Å². The molecule has 0 saturated carbocycles. The van der Waals surface area contributed by atoms with Gasteiger partial charge in [-0.15, -0.1) is 0 Å². The van der Waals surface area contributed by atoms with E-state index in [-0.39, 0.29) is 12.6 Å². The highest BCUT2D eigenvalue weighted by Crippen LogP contribution is 2.29. The Bertz CT molecular complexity index is 365. The van der Waals surface area contributed by atoms with E-state index in [1.165, 1.54) is 22.3 Å². The van der Waals surface area contributed by atoms with Crippen LogP contribution in [0.4, 0.5) is 0 Å². The summed E-state index contributed by atoms with van der Waals surface area (Å²) in [7, 11) is 3.95. The second-order valence-electron chi connectivity index (χ2n) is 5.02. The summed E-state index contributed by atoms with van der Waals surface area (Å²) in [4.78, 5) is 2.03. The lowest BCUT2D eigenvalue weighted by molar-refractivity contribution is 0.0816. The van der Waals surface area contributed by atoms with Crippen molar-refractivity contribution in [1.82, 2.24) is 4.90 Å². The van der Waals surface area contributed by atoms with E-state index >= 15 is 0 Å². The molecule has 0 aliphatic heterocycles. The maximum absolute atomic E-state index is 10.1. The van der Waals surface area contributed by atoms with Gasteiger partial charge in [0.1, 0.15) is 0 Å². The van der Waals surface area contributed by atoms with Crippen LogP contribution in [0.1, 0.15) is 28.3 Å². The fourth-order valence-corrected chi connectivity index (χ4v) is 2.58. The van der Waals surface area contributed by atoms with Gasteiger partial charge in [-0.25, -0.2) is 0 Å². The van der Waals surface area contributed by atoms with Crippen LogP contribution in [0.2, 0.25) is 0 Å². The highest BCUT2D eigenvalue weighted by Gasteiger charge is 2.25. The lowest BCUT2D eigenvalue weighted by Crippen LogP contribution is -2.37. The van der Waals surface area contributed by atoms with E-state index in [1.54, 1.807) is 0 Å². The Labute approximate surface area is 104 Å². The van der Waals surface area contributed by atoms with Crippen molar-refractivity contribution in [2.24, 2.45) is 5.73 Å². The predicted octanol–water partition coefficient (Wildman–Crippen LogP) is 1.53. The van der Waals surface area contributed by atoms with E-state index < -0.39 is 6.10 Å². The monoisotopic (exact) mass is 236 g/mol. The van der Waals surface area contributed by atoms with Gasteiger partial charge >= 0.3 is 0 Å². The molecule has 1 rings (SSSR count). The zero-order chi connectivity index (χ0) is 13.2. The molecule has 0 amide bonds. The smallest absolute Gasteiger partial charge is 0.0858 e. The number of aliphatic hydroxyl groups is 1. The van der Waals surface area contributed by atoms with E-state index in [0.717, 1.165) is 0 Å². The lowest BCUT2D eigenvalue weighted by Gasteiger charge is -2.31. The molecule has 0 bridgehead atoms. The Kier molecular flexibility index (Phi) is 4.69. The summed E-state index contributed by atoms with van der Waals surface area (Å²) in [6.07, 6.45) is -0.537. The minimum Gasteiger partial charge on any atom is -0.390 e. The molecular formula is C14H24N2O. The van der Waals surface area contributed by atoms with Crippen molar-refractivity contribution >= 4 is 0 Å². The van der Waals surface area contributed by atoms with E-state index in [0.29, 0.717) is 0 Å². The molecular weight excluding hydrogens is 212 g/mol. The zero-order valence-corrected chi connectivity index (χ0v) is 11.5. The quantitative estimate of drug-likeness (QED) is 0.833. The summed E-state index contributed by atoms with van der Waals surface area (Å²) < 4.78 is 0. The van der Waals surface area contributed by atoms with Crippen molar-refractivity contribution in [3.63, 3.8) is 0 Å². The van der Waals surface area contributed by atoms with Crippen LogP contribution in [-0.2, 0) is 0 Å². The fraction of sp³-hybridized carbons (Fsp3) is 0.571. The third-order valence-corrected chi connectivity index (χ3v) is 3.20. The molecule has 0 aliphatic rings. The molecule has 1 aromatic carbocycles.